The summed E-state index contributed by atoms with van der Waals surface area (Å²) in [5, 5.41) is 0. The number of carbonyl (C=O) groups excluding carboxylic acids is 2. The van der Waals surface area contributed by atoms with Gasteiger partial charge in [0.2, 0.25) is 0 Å². The summed E-state index contributed by atoms with van der Waals surface area (Å²) < 4.78 is 5.15. The first kappa shape index (κ1) is 15.4. The second kappa shape index (κ2) is 6.73. The van der Waals surface area contributed by atoms with Gasteiger partial charge in [0.25, 0.3) is 5.91 Å². The Hall–Kier alpha value is -2.50. The fraction of sp³-hybridized carbons (Fsp3) is 0.412. The third kappa shape index (κ3) is 3.64. The molecule has 2 heterocycles. The highest BCUT2D eigenvalue weighted by molar-refractivity contribution is 5.94. The van der Waals surface area contributed by atoms with Crippen LogP contribution in [-0.2, 0) is 9.53 Å². The van der Waals surface area contributed by atoms with E-state index in [2.05, 4.69) is 16.9 Å². The molecule has 1 amide bonds. The zero-order chi connectivity index (χ0) is 16.2. The molecule has 6 heteroatoms. The molecule has 1 atom stereocenters. The maximum absolute atomic E-state index is 12.1. The lowest BCUT2D eigenvalue weighted by molar-refractivity contribution is -0.136. The highest BCUT2D eigenvalue weighted by Crippen LogP contribution is 2.16. The van der Waals surface area contributed by atoms with E-state index in [1.165, 1.54) is 0 Å². The van der Waals surface area contributed by atoms with Crippen LogP contribution in [0.25, 0.3) is 11.0 Å². The van der Waals surface area contributed by atoms with Gasteiger partial charge in [0.1, 0.15) is 0 Å². The van der Waals surface area contributed by atoms with E-state index in [9.17, 15) is 9.59 Å². The van der Waals surface area contributed by atoms with Crippen LogP contribution in [0.2, 0.25) is 0 Å². The van der Waals surface area contributed by atoms with E-state index in [4.69, 9.17) is 4.74 Å². The van der Waals surface area contributed by atoms with E-state index in [-0.39, 0.29) is 12.5 Å². The average Bonchev–Trinajstić information content (AvgIpc) is 2.59. The predicted molar refractivity (Wildman–Crippen MR) is 84.8 cm³/mol. The van der Waals surface area contributed by atoms with E-state index in [1.54, 1.807) is 35.5 Å². The summed E-state index contributed by atoms with van der Waals surface area (Å²) in [5.41, 5.74) is 1.71. The molecular weight excluding hydrogens is 294 g/mol. The summed E-state index contributed by atoms with van der Waals surface area (Å²) in [6.07, 6.45) is 5.31. The zero-order valence-corrected chi connectivity index (χ0v) is 13.1. The molecule has 1 aliphatic heterocycles. The SMILES string of the molecule is C[C@@H]1CCCN(C(=O)COC(=O)c2ccc3nccnc3c2)C1. The lowest BCUT2D eigenvalue weighted by Gasteiger charge is -2.30. The van der Waals surface area contributed by atoms with Gasteiger partial charge in [-0.25, -0.2) is 4.79 Å². The highest BCUT2D eigenvalue weighted by atomic mass is 16.5. The van der Waals surface area contributed by atoms with Crippen molar-refractivity contribution in [2.75, 3.05) is 19.7 Å². The molecule has 1 aromatic heterocycles. The van der Waals surface area contributed by atoms with E-state index < -0.39 is 5.97 Å². The summed E-state index contributed by atoms with van der Waals surface area (Å²) in [6, 6.07) is 4.97. The zero-order valence-electron chi connectivity index (χ0n) is 13.1. The van der Waals surface area contributed by atoms with Crippen LogP contribution in [0.4, 0.5) is 0 Å². The van der Waals surface area contributed by atoms with Crippen molar-refractivity contribution in [2.45, 2.75) is 19.8 Å². The lowest BCUT2D eigenvalue weighted by atomic mass is 10.0. The molecule has 6 nitrogen and oxygen atoms in total. The second-order valence-corrected chi connectivity index (χ2v) is 5.92. The average molecular weight is 313 g/mol. The van der Waals surface area contributed by atoms with Gasteiger partial charge in [-0.2, -0.15) is 0 Å². The smallest absolute Gasteiger partial charge is 0.338 e. The maximum Gasteiger partial charge on any atom is 0.338 e. The normalized spacial score (nSPS) is 18.0. The van der Waals surface area contributed by atoms with Crippen LogP contribution in [0.5, 0.6) is 0 Å². The van der Waals surface area contributed by atoms with Crippen LogP contribution in [0.15, 0.2) is 30.6 Å². The third-order valence-electron chi connectivity index (χ3n) is 4.04. The number of benzene rings is 1. The third-order valence-corrected chi connectivity index (χ3v) is 4.04. The first-order valence-corrected chi connectivity index (χ1v) is 7.79. The van der Waals surface area contributed by atoms with Gasteiger partial charge in [-0.3, -0.25) is 14.8 Å². The molecule has 3 rings (SSSR count). The Kier molecular flexibility index (Phi) is 4.50. The molecule has 0 aliphatic carbocycles. The predicted octanol–water partition coefficient (Wildman–Crippen LogP) is 2.05. The van der Waals surface area contributed by atoms with Crippen LogP contribution in [-0.4, -0.2) is 46.4 Å². The summed E-state index contributed by atoms with van der Waals surface area (Å²) >= 11 is 0. The van der Waals surface area contributed by atoms with Crippen molar-refractivity contribution >= 4 is 22.9 Å². The number of fused-ring (bicyclic) bond motifs is 1. The number of likely N-dealkylation sites (tertiary alicyclic amines) is 1. The minimum Gasteiger partial charge on any atom is -0.452 e. The minimum absolute atomic E-state index is 0.134. The van der Waals surface area contributed by atoms with E-state index in [0.717, 1.165) is 25.9 Å². The highest BCUT2D eigenvalue weighted by Gasteiger charge is 2.22. The molecule has 1 fully saturated rings. The Morgan fingerprint density at radius 1 is 1.26 bits per heavy atom. The Labute approximate surface area is 134 Å². The van der Waals surface area contributed by atoms with Gasteiger partial charge in [-0.05, 0) is 37.0 Å². The molecule has 0 saturated carbocycles. The fourth-order valence-corrected chi connectivity index (χ4v) is 2.81. The van der Waals surface area contributed by atoms with Crippen LogP contribution in [0, 0.1) is 5.92 Å². The van der Waals surface area contributed by atoms with Gasteiger partial charge in [0.15, 0.2) is 6.61 Å². The Bertz CT molecular complexity index is 732. The van der Waals surface area contributed by atoms with Crippen molar-refractivity contribution in [2.24, 2.45) is 5.92 Å². The molecule has 0 unspecified atom stereocenters. The van der Waals surface area contributed by atoms with Gasteiger partial charge in [-0.1, -0.05) is 6.92 Å². The fourth-order valence-electron chi connectivity index (χ4n) is 2.81. The van der Waals surface area contributed by atoms with Crippen molar-refractivity contribution in [3.05, 3.63) is 36.2 Å². The van der Waals surface area contributed by atoms with Crippen LogP contribution in [0.1, 0.15) is 30.1 Å². The summed E-state index contributed by atoms with van der Waals surface area (Å²) in [7, 11) is 0. The molecular formula is C17H19N3O3. The summed E-state index contributed by atoms with van der Waals surface area (Å²) in [5.74, 6) is -0.149. The molecule has 120 valence electrons. The molecule has 1 aliphatic rings. The van der Waals surface area contributed by atoms with E-state index >= 15 is 0 Å². The Morgan fingerprint density at radius 2 is 2.04 bits per heavy atom. The molecule has 23 heavy (non-hydrogen) atoms. The standard InChI is InChI=1S/C17H19N3O3/c1-12-3-2-8-20(10-12)16(21)11-23-17(22)13-4-5-14-15(9-13)19-7-6-18-14/h4-7,9,12H,2-3,8,10-11H2,1H3/t12-/m1/s1. The van der Waals surface area contributed by atoms with Gasteiger partial charge in [-0.15, -0.1) is 0 Å². The number of ether oxygens (including phenoxy) is 1. The molecule has 2 aromatic rings. The van der Waals surface area contributed by atoms with Crippen LogP contribution in [0.3, 0.4) is 0 Å². The molecule has 0 spiro atoms. The summed E-state index contributed by atoms with van der Waals surface area (Å²) in [4.78, 5) is 34.3. The number of esters is 1. The number of nitrogens with zero attached hydrogens (tertiary/aromatic N) is 3. The molecule has 1 aromatic carbocycles. The molecule has 1 saturated heterocycles. The number of piperidine rings is 1. The first-order chi connectivity index (χ1) is 11.1. The van der Waals surface area contributed by atoms with Crippen molar-refractivity contribution in [3.8, 4) is 0 Å². The Balaban J connectivity index is 1.60. The second-order valence-electron chi connectivity index (χ2n) is 5.92. The van der Waals surface area contributed by atoms with Crippen LogP contribution >= 0.6 is 0 Å². The van der Waals surface area contributed by atoms with Crippen molar-refractivity contribution in [1.29, 1.82) is 0 Å². The van der Waals surface area contributed by atoms with Gasteiger partial charge in [0, 0.05) is 25.5 Å². The number of amides is 1. The van der Waals surface area contributed by atoms with E-state index in [0.29, 0.717) is 22.5 Å². The number of rotatable bonds is 3. The summed E-state index contributed by atoms with van der Waals surface area (Å²) in [6.45, 7) is 3.39. The monoisotopic (exact) mass is 313 g/mol. The van der Waals surface area contributed by atoms with Crippen molar-refractivity contribution in [1.82, 2.24) is 14.9 Å². The largest absolute Gasteiger partial charge is 0.452 e. The lowest BCUT2D eigenvalue weighted by Crippen LogP contribution is -2.41. The quantitative estimate of drug-likeness (QED) is 0.811. The van der Waals surface area contributed by atoms with Gasteiger partial charge in [0.05, 0.1) is 16.6 Å². The topological polar surface area (TPSA) is 72.4 Å². The van der Waals surface area contributed by atoms with Gasteiger partial charge >= 0.3 is 5.97 Å². The van der Waals surface area contributed by atoms with Crippen molar-refractivity contribution in [3.63, 3.8) is 0 Å². The first-order valence-electron chi connectivity index (χ1n) is 7.79. The minimum atomic E-state index is -0.518. The van der Waals surface area contributed by atoms with Crippen molar-refractivity contribution < 1.29 is 14.3 Å². The molecule has 0 bridgehead atoms. The van der Waals surface area contributed by atoms with Crippen LogP contribution < -0.4 is 0 Å². The number of hydrogen-bond donors (Lipinski definition) is 0. The molecule has 0 N–H and O–H groups in total. The Morgan fingerprint density at radius 3 is 2.83 bits per heavy atom. The number of aromatic nitrogens is 2. The van der Waals surface area contributed by atoms with Gasteiger partial charge < -0.3 is 9.64 Å². The van der Waals surface area contributed by atoms with E-state index in [1.807, 2.05) is 0 Å². The number of hydrogen-bond acceptors (Lipinski definition) is 5. The number of carbonyl (C=O) groups is 2. The maximum atomic E-state index is 12.1. The molecule has 0 radical (unpaired) electrons.